The summed E-state index contributed by atoms with van der Waals surface area (Å²) in [5, 5.41) is 5.22. The van der Waals surface area contributed by atoms with Crippen LogP contribution in [0, 0.1) is 5.92 Å². The van der Waals surface area contributed by atoms with E-state index in [0.717, 1.165) is 23.6 Å². The van der Waals surface area contributed by atoms with Gasteiger partial charge < -0.3 is 15.0 Å². The molecule has 2 amide bonds. The van der Waals surface area contributed by atoms with Crippen LogP contribution in [0.2, 0.25) is 0 Å². The Kier molecular flexibility index (Phi) is 5.76. The molecule has 5 nitrogen and oxygen atoms in total. The van der Waals surface area contributed by atoms with Crippen LogP contribution < -0.4 is 10.1 Å². The number of likely N-dealkylation sites (tertiary alicyclic amines) is 1. The van der Waals surface area contributed by atoms with Gasteiger partial charge in [-0.1, -0.05) is 43.7 Å². The minimum atomic E-state index is -0.0437. The summed E-state index contributed by atoms with van der Waals surface area (Å²) in [5.41, 5.74) is 0. The first-order valence-corrected chi connectivity index (χ1v) is 9.23. The van der Waals surface area contributed by atoms with Gasteiger partial charge in [0.15, 0.2) is 6.61 Å². The van der Waals surface area contributed by atoms with E-state index in [-0.39, 0.29) is 24.5 Å². The maximum atomic E-state index is 12.6. The Bertz CT molecular complexity index is 790. The highest BCUT2D eigenvalue weighted by Crippen LogP contribution is 2.23. The van der Waals surface area contributed by atoms with E-state index in [1.54, 1.807) is 0 Å². The summed E-state index contributed by atoms with van der Waals surface area (Å²) in [6.45, 7) is 4.90. The quantitative estimate of drug-likeness (QED) is 0.868. The topological polar surface area (TPSA) is 58.6 Å². The van der Waals surface area contributed by atoms with Crippen molar-refractivity contribution >= 4 is 22.6 Å². The second kappa shape index (κ2) is 8.21. The van der Waals surface area contributed by atoms with Crippen LogP contribution in [-0.4, -0.2) is 42.5 Å². The van der Waals surface area contributed by atoms with Gasteiger partial charge in [-0.3, -0.25) is 9.59 Å². The predicted molar refractivity (Wildman–Crippen MR) is 102 cm³/mol. The Hall–Kier alpha value is -2.56. The van der Waals surface area contributed by atoms with Gasteiger partial charge in [0.05, 0.1) is 6.04 Å². The minimum absolute atomic E-state index is 0.0178. The number of nitrogens with one attached hydrogen (secondary N) is 1. The largest absolute Gasteiger partial charge is 0.484 e. The third-order valence-corrected chi connectivity index (χ3v) is 4.93. The number of nitrogens with zero attached hydrogens (tertiary/aromatic N) is 1. The number of benzene rings is 2. The molecule has 0 bridgehead atoms. The van der Waals surface area contributed by atoms with Crippen molar-refractivity contribution in [2.24, 2.45) is 5.92 Å². The fraction of sp³-hybridized carbons (Fsp3) is 0.429. The molecule has 0 aliphatic carbocycles. The molecule has 0 aromatic heterocycles. The molecule has 0 radical (unpaired) electrons. The van der Waals surface area contributed by atoms with Gasteiger partial charge in [0.25, 0.3) is 5.91 Å². The molecule has 1 aliphatic heterocycles. The molecule has 2 aromatic carbocycles. The van der Waals surface area contributed by atoms with Crippen molar-refractivity contribution < 1.29 is 14.3 Å². The van der Waals surface area contributed by atoms with Crippen LogP contribution in [0.3, 0.4) is 0 Å². The monoisotopic (exact) mass is 354 g/mol. The molecule has 1 N–H and O–H groups in total. The zero-order chi connectivity index (χ0) is 18.5. The Labute approximate surface area is 154 Å². The van der Waals surface area contributed by atoms with Crippen LogP contribution in [0.4, 0.5) is 0 Å². The lowest BCUT2D eigenvalue weighted by molar-refractivity contribution is -0.132. The highest BCUT2D eigenvalue weighted by molar-refractivity contribution is 5.84. The van der Waals surface area contributed by atoms with Gasteiger partial charge in [-0.25, -0.2) is 0 Å². The van der Waals surface area contributed by atoms with E-state index >= 15 is 0 Å². The number of carbonyl (C=O) groups excluding carboxylic acids is 2. The standard InChI is InChI=1S/C21H26N2O3/c1-3-6-18-12-23(13-20(18)22-15(2)24)21(25)14-26-19-10-9-16-7-4-5-8-17(16)11-19/h4-5,7-11,18,20H,3,6,12-14H2,1-2H3,(H,22,24)/t18-,20-/m1/s1. The summed E-state index contributed by atoms with van der Waals surface area (Å²) in [4.78, 5) is 25.8. The molecule has 1 aliphatic rings. The Morgan fingerprint density at radius 2 is 1.92 bits per heavy atom. The Balaban J connectivity index is 1.59. The number of ether oxygens (including phenoxy) is 1. The van der Waals surface area contributed by atoms with Crippen molar-refractivity contribution in [1.29, 1.82) is 0 Å². The zero-order valence-corrected chi connectivity index (χ0v) is 15.4. The lowest BCUT2D eigenvalue weighted by Gasteiger charge is -2.17. The summed E-state index contributed by atoms with van der Waals surface area (Å²) in [6, 6.07) is 13.9. The average molecular weight is 354 g/mol. The highest BCUT2D eigenvalue weighted by atomic mass is 16.5. The number of hydrogen-bond acceptors (Lipinski definition) is 3. The van der Waals surface area contributed by atoms with Crippen molar-refractivity contribution in [2.75, 3.05) is 19.7 Å². The molecule has 5 heteroatoms. The number of hydrogen-bond donors (Lipinski definition) is 1. The lowest BCUT2D eigenvalue weighted by Crippen LogP contribution is -2.40. The van der Waals surface area contributed by atoms with Crippen molar-refractivity contribution in [3.05, 3.63) is 42.5 Å². The van der Waals surface area contributed by atoms with E-state index in [9.17, 15) is 9.59 Å². The molecule has 138 valence electrons. The molecule has 2 aromatic rings. The first-order valence-electron chi connectivity index (χ1n) is 9.23. The normalized spacial score (nSPS) is 19.5. The Morgan fingerprint density at radius 1 is 1.15 bits per heavy atom. The van der Waals surface area contributed by atoms with E-state index < -0.39 is 0 Å². The van der Waals surface area contributed by atoms with E-state index in [0.29, 0.717) is 24.8 Å². The summed E-state index contributed by atoms with van der Waals surface area (Å²) in [7, 11) is 0. The molecule has 0 unspecified atom stereocenters. The highest BCUT2D eigenvalue weighted by Gasteiger charge is 2.35. The first-order chi connectivity index (χ1) is 12.6. The van der Waals surface area contributed by atoms with Gasteiger partial charge >= 0.3 is 0 Å². The summed E-state index contributed by atoms with van der Waals surface area (Å²) in [5.74, 6) is 0.929. The maximum absolute atomic E-state index is 12.6. The molecule has 0 spiro atoms. The second-order valence-electron chi connectivity index (χ2n) is 6.95. The summed E-state index contributed by atoms with van der Waals surface area (Å²) >= 11 is 0. The van der Waals surface area contributed by atoms with Gasteiger partial charge in [-0.2, -0.15) is 0 Å². The zero-order valence-electron chi connectivity index (χ0n) is 15.4. The Morgan fingerprint density at radius 3 is 2.65 bits per heavy atom. The SMILES string of the molecule is CCC[C@@H]1CN(C(=O)COc2ccc3ccccc3c2)C[C@H]1NC(C)=O. The van der Waals surface area contributed by atoms with Crippen LogP contribution in [0.5, 0.6) is 5.75 Å². The third-order valence-electron chi connectivity index (χ3n) is 4.93. The molecule has 0 saturated carbocycles. The van der Waals surface area contributed by atoms with Crippen molar-refractivity contribution in [2.45, 2.75) is 32.7 Å². The predicted octanol–water partition coefficient (Wildman–Crippen LogP) is 2.98. The first kappa shape index (κ1) is 18.2. The van der Waals surface area contributed by atoms with Gasteiger partial charge in [0, 0.05) is 20.0 Å². The van der Waals surface area contributed by atoms with Crippen molar-refractivity contribution in [3.63, 3.8) is 0 Å². The molecule has 26 heavy (non-hydrogen) atoms. The van der Waals surface area contributed by atoms with Gasteiger partial charge in [-0.15, -0.1) is 0 Å². The van der Waals surface area contributed by atoms with Crippen LogP contribution in [-0.2, 0) is 9.59 Å². The van der Waals surface area contributed by atoms with Crippen LogP contribution in [0.15, 0.2) is 42.5 Å². The van der Waals surface area contributed by atoms with E-state index in [2.05, 4.69) is 12.2 Å². The molecular weight excluding hydrogens is 328 g/mol. The number of amides is 2. The fourth-order valence-corrected chi connectivity index (χ4v) is 3.66. The van der Waals surface area contributed by atoms with Gasteiger partial charge in [0.1, 0.15) is 5.75 Å². The maximum Gasteiger partial charge on any atom is 0.260 e. The molecule has 1 saturated heterocycles. The molecule has 3 rings (SSSR count). The van der Waals surface area contributed by atoms with Crippen LogP contribution in [0.1, 0.15) is 26.7 Å². The number of rotatable bonds is 6. The minimum Gasteiger partial charge on any atom is -0.484 e. The molecule has 2 atom stereocenters. The lowest BCUT2D eigenvalue weighted by atomic mass is 9.98. The summed E-state index contributed by atoms with van der Waals surface area (Å²) < 4.78 is 5.72. The molecule has 1 fully saturated rings. The third kappa shape index (κ3) is 4.34. The van der Waals surface area contributed by atoms with E-state index in [1.807, 2.05) is 47.4 Å². The molecular formula is C21H26N2O3. The van der Waals surface area contributed by atoms with E-state index in [4.69, 9.17) is 4.74 Å². The molecule has 1 heterocycles. The van der Waals surface area contributed by atoms with E-state index in [1.165, 1.54) is 6.92 Å². The number of carbonyl (C=O) groups is 2. The van der Waals surface area contributed by atoms with Gasteiger partial charge in [0.2, 0.25) is 5.91 Å². The van der Waals surface area contributed by atoms with Crippen LogP contribution >= 0.6 is 0 Å². The smallest absolute Gasteiger partial charge is 0.260 e. The fourth-order valence-electron chi connectivity index (χ4n) is 3.66. The van der Waals surface area contributed by atoms with Crippen molar-refractivity contribution in [1.82, 2.24) is 10.2 Å². The number of fused-ring (bicyclic) bond motifs is 1. The summed E-state index contributed by atoms with van der Waals surface area (Å²) in [6.07, 6.45) is 2.04. The van der Waals surface area contributed by atoms with Crippen LogP contribution in [0.25, 0.3) is 10.8 Å². The van der Waals surface area contributed by atoms with Crippen molar-refractivity contribution in [3.8, 4) is 5.75 Å². The van der Waals surface area contributed by atoms with Gasteiger partial charge in [-0.05, 0) is 35.2 Å². The second-order valence-corrected chi connectivity index (χ2v) is 6.95. The average Bonchev–Trinajstić information content (AvgIpc) is 3.02.